The summed E-state index contributed by atoms with van der Waals surface area (Å²) in [7, 11) is 0. The average molecular weight is 424 g/mol. The smallest absolute Gasteiger partial charge is 0.228 e. The zero-order chi connectivity index (χ0) is 18.8. The van der Waals surface area contributed by atoms with Crippen LogP contribution in [0.15, 0.2) is 22.4 Å². The summed E-state index contributed by atoms with van der Waals surface area (Å²) in [5.74, 6) is 1.67. The summed E-state index contributed by atoms with van der Waals surface area (Å²) < 4.78 is 0.840. The van der Waals surface area contributed by atoms with E-state index in [-0.39, 0.29) is 5.91 Å². The molecule has 0 unspecified atom stereocenters. The lowest BCUT2D eigenvalue weighted by Crippen LogP contribution is -2.36. The molecule has 144 valence electrons. The van der Waals surface area contributed by atoms with Crippen molar-refractivity contribution in [2.45, 2.75) is 58.8 Å². The van der Waals surface area contributed by atoms with Gasteiger partial charge in [-0.3, -0.25) is 4.79 Å². The summed E-state index contributed by atoms with van der Waals surface area (Å²) in [6, 6.07) is 0. The lowest BCUT2D eigenvalue weighted by Gasteiger charge is -2.26. The van der Waals surface area contributed by atoms with Gasteiger partial charge in [0.1, 0.15) is 5.82 Å². The molecule has 1 aliphatic rings. The van der Waals surface area contributed by atoms with E-state index in [1.807, 2.05) is 4.90 Å². The van der Waals surface area contributed by atoms with Gasteiger partial charge in [-0.15, -0.1) is 0 Å². The van der Waals surface area contributed by atoms with Crippen molar-refractivity contribution < 1.29 is 4.79 Å². The van der Waals surface area contributed by atoms with E-state index in [1.165, 1.54) is 0 Å². The molecule has 0 saturated carbocycles. The molecule has 0 radical (unpaired) electrons. The van der Waals surface area contributed by atoms with Crippen molar-refractivity contribution in [1.82, 2.24) is 14.9 Å². The predicted molar refractivity (Wildman–Crippen MR) is 110 cm³/mol. The van der Waals surface area contributed by atoms with E-state index >= 15 is 0 Å². The van der Waals surface area contributed by atoms with Gasteiger partial charge in [-0.05, 0) is 48.0 Å². The topological polar surface area (TPSA) is 70.2 Å². The highest BCUT2D eigenvalue weighted by Crippen LogP contribution is 2.21. The van der Waals surface area contributed by atoms with Crippen molar-refractivity contribution >= 4 is 33.6 Å². The Hall–Kier alpha value is -1.63. The van der Waals surface area contributed by atoms with Crippen LogP contribution in [0.4, 0.5) is 11.8 Å². The molecule has 0 aromatic carbocycles. The van der Waals surface area contributed by atoms with E-state index in [2.05, 4.69) is 56.5 Å². The van der Waals surface area contributed by atoms with Crippen molar-refractivity contribution in [1.29, 1.82) is 0 Å². The van der Waals surface area contributed by atoms with Crippen LogP contribution < -0.4 is 10.6 Å². The first-order valence-corrected chi connectivity index (χ1v) is 10.4. The van der Waals surface area contributed by atoms with E-state index in [0.29, 0.717) is 12.4 Å². The third-order valence-electron chi connectivity index (χ3n) is 4.40. The summed E-state index contributed by atoms with van der Waals surface area (Å²) >= 11 is 3.50. The molecule has 2 N–H and O–H groups in total. The number of aromatic nitrogens is 2. The second kappa shape index (κ2) is 11.2. The van der Waals surface area contributed by atoms with Gasteiger partial charge in [-0.1, -0.05) is 26.3 Å². The lowest BCUT2D eigenvalue weighted by molar-refractivity contribution is -0.133. The SMILES string of the molecule is CCC/C=C(\CC)Nc1ncc(Br)c(NCCCN2CCCCC2=O)n1. The van der Waals surface area contributed by atoms with Crippen LogP contribution in [0.1, 0.15) is 58.8 Å². The third-order valence-corrected chi connectivity index (χ3v) is 4.98. The second-order valence-corrected chi connectivity index (χ2v) is 7.36. The molecule has 0 bridgehead atoms. The van der Waals surface area contributed by atoms with Gasteiger partial charge in [0.2, 0.25) is 11.9 Å². The fourth-order valence-corrected chi connectivity index (χ4v) is 3.20. The average Bonchev–Trinajstić information content (AvgIpc) is 2.65. The molecule has 26 heavy (non-hydrogen) atoms. The fraction of sp³-hybridized carbons (Fsp3) is 0.632. The number of anilines is 2. The number of rotatable bonds is 10. The number of amides is 1. The third kappa shape index (κ3) is 6.59. The van der Waals surface area contributed by atoms with Crippen LogP contribution in [0.25, 0.3) is 0 Å². The number of halogens is 1. The first-order valence-electron chi connectivity index (χ1n) is 9.64. The van der Waals surface area contributed by atoms with Crippen LogP contribution in [-0.4, -0.2) is 40.4 Å². The van der Waals surface area contributed by atoms with Gasteiger partial charge < -0.3 is 15.5 Å². The van der Waals surface area contributed by atoms with E-state index in [9.17, 15) is 4.79 Å². The molecular formula is C19H30BrN5O. The Labute approximate surface area is 165 Å². The number of carbonyl (C=O) groups is 1. The zero-order valence-electron chi connectivity index (χ0n) is 15.9. The van der Waals surface area contributed by atoms with Crippen molar-refractivity contribution in [3.63, 3.8) is 0 Å². The van der Waals surface area contributed by atoms with E-state index < -0.39 is 0 Å². The number of nitrogens with one attached hydrogen (secondary N) is 2. The van der Waals surface area contributed by atoms with E-state index in [0.717, 1.165) is 74.1 Å². The lowest BCUT2D eigenvalue weighted by atomic mass is 10.1. The predicted octanol–water partition coefficient (Wildman–Crippen LogP) is 4.56. The van der Waals surface area contributed by atoms with Gasteiger partial charge >= 0.3 is 0 Å². The van der Waals surface area contributed by atoms with Crippen LogP contribution in [0, 0.1) is 0 Å². The monoisotopic (exact) mass is 423 g/mol. The van der Waals surface area contributed by atoms with E-state index in [1.54, 1.807) is 6.20 Å². The maximum atomic E-state index is 11.8. The standard InChI is InChI=1S/C19H30BrN5O/c1-3-5-9-15(4-2)23-19-22-14-16(20)18(24-19)21-11-8-13-25-12-7-6-10-17(25)26/h9,14H,3-8,10-13H2,1-2H3,(H2,21,22,23,24)/b15-9+. The van der Waals surface area contributed by atoms with Crippen LogP contribution >= 0.6 is 15.9 Å². The molecule has 0 aliphatic carbocycles. The Kier molecular flexibility index (Phi) is 8.88. The zero-order valence-corrected chi connectivity index (χ0v) is 17.4. The molecule has 2 rings (SSSR count). The highest BCUT2D eigenvalue weighted by molar-refractivity contribution is 9.10. The number of unbranched alkanes of at least 4 members (excludes halogenated alkanes) is 1. The fourth-order valence-electron chi connectivity index (χ4n) is 2.87. The van der Waals surface area contributed by atoms with Gasteiger partial charge in [0.05, 0.1) is 4.47 Å². The number of hydrogen-bond donors (Lipinski definition) is 2. The largest absolute Gasteiger partial charge is 0.369 e. The Morgan fingerprint density at radius 1 is 1.38 bits per heavy atom. The number of nitrogens with zero attached hydrogens (tertiary/aromatic N) is 3. The Morgan fingerprint density at radius 2 is 2.23 bits per heavy atom. The normalized spacial score (nSPS) is 15.3. The molecule has 6 nitrogen and oxygen atoms in total. The van der Waals surface area contributed by atoms with Gasteiger partial charge in [0, 0.05) is 37.9 Å². The summed E-state index contributed by atoms with van der Waals surface area (Å²) in [5.41, 5.74) is 1.14. The number of allylic oxidation sites excluding steroid dienone is 2. The summed E-state index contributed by atoms with van der Waals surface area (Å²) in [5, 5.41) is 6.65. The van der Waals surface area contributed by atoms with Crippen molar-refractivity contribution in [3.8, 4) is 0 Å². The minimum Gasteiger partial charge on any atom is -0.369 e. The number of likely N-dealkylation sites (tertiary alicyclic amines) is 1. The first kappa shape index (κ1) is 20.7. The van der Waals surface area contributed by atoms with Crippen molar-refractivity contribution in [3.05, 3.63) is 22.4 Å². The van der Waals surface area contributed by atoms with Crippen LogP contribution in [0.5, 0.6) is 0 Å². The second-order valence-electron chi connectivity index (χ2n) is 6.50. The Balaban J connectivity index is 1.85. The quantitative estimate of drug-likeness (QED) is 0.539. The molecule has 1 aromatic rings. The highest BCUT2D eigenvalue weighted by atomic mass is 79.9. The number of piperidine rings is 1. The number of carbonyl (C=O) groups excluding carboxylic acids is 1. The molecule has 0 atom stereocenters. The summed E-state index contributed by atoms with van der Waals surface area (Å²) in [4.78, 5) is 22.7. The molecule has 7 heteroatoms. The maximum absolute atomic E-state index is 11.8. The molecule has 1 fully saturated rings. The molecule has 0 spiro atoms. The van der Waals surface area contributed by atoms with Gasteiger partial charge in [0.25, 0.3) is 0 Å². The Bertz CT molecular complexity index is 620. The minimum atomic E-state index is 0.289. The molecule has 1 aliphatic heterocycles. The van der Waals surface area contributed by atoms with Gasteiger partial charge in [-0.2, -0.15) is 4.98 Å². The minimum absolute atomic E-state index is 0.289. The maximum Gasteiger partial charge on any atom is 0.228 e. The Morgan fingerprint density at radius 3 is 2.96 bits per heavy atom. The molecule has 1 aromatic heterocycles. The van der Waals surface area contributed by atoms with Gasteiger partial charge in [0.15, 0.2) is 0 Å². The van der Waals surface area contributed by atoms with Crippen LogP contribution in [-0.2, 0) is 4.79 Å². The number of hydrogen-bond acceptors (Lipinski definition) is 5. The van der Waals surface area contributed by atoms with Crippen LogP contribution in [0.3, 0.4) is 0 Å². The summed E-state index contributed by atoms with van der Waals surface area (Å²) in [6.07, 6.45) is 10.8. The van der Waals surface area contributed by atoms with Gasteiger partial charge in [-0.25, -0.2) is 4.98 Å². The molecule has 1 saturated heterocycles. The first-order chi connectivity index (χ1) is 12.6. The summed E-state index contributed by atoms with van der Waals surface area (Å²) in [6.45, 7) is 6.76. The molecular weight excluding hydrogens is 394 g/mol. The molecule has 1 amide bonds. The highest BCUT2D eigenvalue weighted by Gasteiger charge is 2.17. The molecule has 2 heterocycles. The van der Waals surface area contributed by atoms with Crippen molar-refractivity contribution in [2.24, 2.45) is 0 Å². The van der Waals surface area contributed by atoms with E-state index in [4.69, 9.17) is 0 Å². The van der Waals surface area contributed by atoms with Crippen LogP contribution in [0.2, 0.25) is 0 Å². The van der Waals surface area contributed by atoms with Crippen molar-refractivity contribution in [2.75, 3.05) is 30.3 Å².